The number of benzene rings is 3. The van der Waals surface area contributed by atoms with Crippen LogP contribution in [0.2, 0.25) is 0 Å². The van der Waals surface area contributed by atoms with Gasteiger partial charge in [0.1, 0.15) is 12.3 Å². The first kappa shape index (κ1) is 26.4. The topological polar surface area (TPSA) is 111 Å². The largest absolute Gasteiger partial charge is 0.496 e. The van der Waals surface area contributed by atoms with Crippen LogP contribution in [-0.2, 0) is 29.2 Å². The molecule has 3 aromatic carbocycles. The van der Waals surface area contributed by atoms with Gasteiger partial charge in [-0.2, -0.15) is 0 Å². The maximum atomic E-state index is 13.3. The quantitative estimate of drug-likeness (QED) is 0.338. The molecule has 1 heterocycles. The van der Waals surface area contributed by atoms with Crippen molar-refractivity contribution in [3.63, 3.8) is 0 Å². The number of hydrogen-bond acceptors (Lipinski definition) is 5. The molecule has 38 heavy (non-hydrogen) atoms. The number of amides is 2. The zero-order chi connectivity index (χ0) is 27.1. The van der Waals surface area contributed by atoms with Crippen LogP contribution in [0.3, 0.4) is 0 Å². The molecule has 9 nitrogen and oxygen atoms in total. The van der Waals surface area contributed by atoms with Crippen molar-refractivity contribution in [3.8, 4) is 5.75 Å². The van der Waals surface area contributed by atoms with Gasteiger partial charge in [0.2, 0.25) is 11.8 Å². The molecule has 0 aliphatic heterocycles. The average Bonchev–Trinajstić information content (AvgIpc) is 2.92. The SMILES string of the molecule is COc1ccccc1CNC(=O)CCCn1c(=O)c2ccccc2n(CC(=O)Nc2cccc(C)c2)c1=O. The number of carbonyl (C=O) groups excluding carboxylic acids is 2. The van der Waals surface area contributed by atoms with E-state index in [0.717, 1.165) is 15.7 Å². The number of hydrogen-bond donors (Lipinski definition) is 2. The van der Waals surface area contributed by atoms with Crippen LogP contribution in [0.5, 0.6) is 5.75 Å². The van der Waals surface area contributed by atoms with Crippen molar-refractivity contribution in [2.75, 3.05) is 12.4 Å². The Bertz CT molecular complexity index is 1590. The molecular formula is C29H30N4O5. The Morgan fingerprint density at radius 3 is 2.45 bits per heavy atom. The minimum Gasteiger partial charge on any atom is -0.496 e. The summed E-state index contributed by atoms with van der Waals surface area (Å²) >= 11 is 0. The number of fused-ring (bicyclic) bond motifs is 1. The molecule has 0 radical (unpaired) electrons. The second-order valence-electron chi connectivity index (χ2n) is 8.95. The van der Waals surface area contributed by atoms with Gasteiger partial charge in [0, 0.05) is 30.8 Å². The Balaban J connectivity index is 1.47. The van der Waals surface area contributed by atoms with Crippen molar-refractivity contribution in [1.29, 1.82) is 0 Å². The number of carbonyl (C=O) groups is 2. The third-order valence-electron chi connectivity index (χ3n) is 6.19. The van der Waals surface area contributed by atoms with E-state index < -0.39 is 11.2 Å². The summed E-state index contributed by atoms with van der Waals surface area (Å²) in [5.41, 5.74) is 1.80. The van der Waals surface area contributed by atoms with Gasteiger partial charge in [-0.3, -0.25) is 23.5 Å². The molecule has 0 aliphatic rings. The fourth-order valence-electron chi connectivity index (χ4n) is 4.32. The summed E-state index contributed by atoms with van der Waals surface area (Å²) < 4.78 is 7.69. The highest BCUT2D eigenvalue weighted by atomic mass is 16.5. The van der Waals surface area contributed by atoms with Gasteiger partial charge in [0.15, 0.2) is 0 Å². The lowest BCUT2D eigenvalue weighted by Crippen LogP contribution is -2.42. The van der Waals surface area contributed by atoms with Gasteiger partial charge in [-0.05, 0) is 49.2 Å². The third kappa shape index (κ3) is 6.18. The highest BCUT2D eigenvalue weighted by Crippen LogP contribution is 2.17. The van der Waals surface area contributed by atoms with E-state index in [1.165, 1.54) is 4.57 Å². The predicted molar refractivity (Wildman–Crippen MR) is 146 cm³/mol. The Hall–Kier alpha value is -4.66. The summed E-state index contributed by atoms with van der Waals surface area (Å²) in [5, 5.41) is 5.97. The van der Waals surface area contributed by atoms with Crippen LogP contribution >= 0.6 is 0 Å². The summed E-state index contributed by atoms with van der Waals surface area (Å²) in [4.78, 5) is 51.7. The molecule has 0 unspecified atom stereocenters. The lowest BCUT2D eigenvalue weighted by Gasteiger charge is -2.14. The number of ether oxygens (including phenoxy) is 1. The number of aromatic nitrogens is 2. The maximum Gasteiger partial charge on any atom is 0.331 e. The molecule has 0 atom stereocenters. The van der Waals surface area contributed by atoms with Crippen molar-refractivity contribution in [3.05, 3.63) is 105 Å². The molecule has 1 aromatic heterocycles. The molecular weight excluding hydrogens is 484 g/mol. The molecule has 196 valence electrons. The van der Waals surface area contributed by atoms with Gasteiger partial charge in [0.25, 0.3) is 5.56 Å². The van der Waals surface area contributed by atoms with Crippen molar-refractivity contribution in [2.45, 2.75) is 39.4 Å². The Morgan fingerprint density at radius 2 is 1.66 bits per heavy atom. The van der Waals surface area contributed by atoms with Crippen LogP contribution in [0.15, 0.2) is 82.4 Å². The number of nitrogens with one attached hydrogen (secondary N) is 2. The number of aryl methyl sites for hydroxylation is 1. The molecule has 0 bridgehead atoms. The first-order valence-corrected chi connectivity index (χ1v) is 12.3. The zero-order valence-corrected chi connectivity index (χ0v) is 21.4. The van der Waals surface area contributed by atoms with Crippen molar-refractivity contribution in [1.82, 2.24) is 14.5 Å². The number of methoxy groups -OCH3 is 1. The fraction of sp³-hybridized carbons (Fsp3) is 0.241. The van der Waals surface area contributed by atoms with E-state index in [-0.39, 0.29) is 37.7 Å². The lowest BCUT2D eigenvalue weighted by atomic mass is 10.2. The van der Waals surface area contributed by atoms with E-state index >= 15 is 0 Å². The van der Waals surface area contributed by atoms with Crippen LogP contribution in [0.1, 0.15) is 24.0 Å². The molecule has 0 spiro atoms. The number of nitrogens with zero attached hydrogens (tertiary/aromatic N) is 2. The zero-order valence-electron chi connectivity index (χ0n) is 21.4. The summed E-state index contributed by atoms with van der Waals surface area (Å²) in [6, 6.07) is 21.5. The molecule has 9 heteroatoms. The van der Waals surface area contributed by atoms with Crippen molar-refractivity contribution in [2.24, 2.45) is 0 Å². The van der Waals surface area contributed by atoms with Crippen molar-refractivity contribution < 1.29 is 14.3 Å². The molecule has 4 rings (SSSR count). The van der Waals surface area contributed by atoms with Gasteiger partial charge in [0.05, 0.1) is 18.0 Å². The van der Waals surface area contributed by atoms with E-state index in [1.54, 1.807) is 37.4 Å². The summed E-state index contributed by atoms with van der Waals surface area (Å²) in [7, 11) is 1.57. The Kier molecular flexibility index (Phi) is 8.37. The number of para-hydroxylation sites is 2. The van der Waals surface area contributed by atoms with E-state index in [0.29, 0.717) is 28.9 Å². The lowest BCUT2D eigenvalue weighted by molar-refractivity contribution is -0.121. The van der Waals surface area contributed by atoms with Crippen LogP contribution < -0.4 is 26.6 Å². The first-order valence-electron chi connectivity index (χ1n) is 12.3. The standard InChI is InChI=1S/C29H30N4O5/c1-20-9-7-11-22(17-20)31-27(35)19-33-24-13-5-4-12-23(24)28(36)32(29(33)37)16-8-15-26(34)30-18-21-10-3-6-14-25(21)38-2/h3-7,9-14,17H,8,15-16,18-19H2,1-2H3,(H,30,34)(H,31,35). The molecule has 4 aromatic rings. The van der Waals surface area contributed by atoms with E-state index in [4.69, 9.17) is 4.74 Å². The number of anilines is 1. The normalized spacial score (nSPS) is 10.8. The van der Waals surface area contributed by atoms with Gasteiger partial charge in [-0.25, -0.2) is 4.79 Å². The molecule has 2 amide bonds. The molecule has 2 N–H and O–H groups in total. The summed E-state index contributed by atoms with van der Waals surface area (Å²) in [6.45, 7) is 2.01. The van der Waals surface area contributed by atoms with Crippen molar-refractivity contribution >= 4 is 28.4 Å². The van der Waals surface area contributed by atoms with Crippen LogP contribution in [0.4, 0.5) is 5.69 Å². The highest BCUT2D eigenvalue weighted by Gasteiger charge is 2.16. The van der Waals surface area contributed by atoms with E-state index in [9.17, 15) is 19.2 Å². The van der Waals surface area contributed by atoms with Crippen LogP contribution in [-0.4, -0.2) is 28.1 Å². The monoisotopic (exact) mass is 514 g/mol. The average molecular weight is 515 g/mol. The Labute approximate surface area is 219 Å². The molecule has 0 saturated heterocycles. The van der Waals surface area contributed by atoms with Gasteiger partial charge in [-0.1, -0.05) is 42.5 Å². The fourth-order valence-corrected chi connectivity index (χ4v) is 4.32. The second-order valence-corrected chi connectivity index (χ2v) is 8.95. The van der Waals surface area contributed by atoms with Gasteiger partial charge in [-0.15, -0.1) is 0 Å². The second kappa shape index (κ2) is 12.1. The van der Waals surface area contributed by atoms with E-state index in [2.05, 4.69) is 10.6 Å². The molecule has 0 saturated carbocycles. The highest BCUT2D eigenvalue weighted by molar-refractivity contribution is 5.91. The summed E-state index contributed by atoms with van der Waals surface area (Å²) in [5.74, 6) is 0.0916. The maximum absolute atomic E-state index is 13.3. The minimum atomic E-state index is -0.595. The van der Waals surface area contributed by atoms with Crippen LogP contribution in [0.25, 0.3) is 10.9 Å². The Morgan fingerprint density at radius 1 is 0.895 bits per heavy atom. The number of rotatable bonds is 10. The first-order chi connectivity index (χ1) is 18.4. The molecule has 0 fully saturated rings. The van der Waals surface area contributed by atoms with Gasteiger partial charge >= 0.3 is 5.69 Å². The van der Waals surface area contributed by atoms with Gasteiger partial charge < -0.3 is 15.4 Å². The van der Waals surface area contributed by atoms with Crippen LogP contribution in [0, 0.1) is 6.92 Å². The predicted octanol–water partition coefficient (Wildman–Crippen LogP) is 3.22. The van der Waals surface area contributed by atoms with E-state index in [1.807, 2.05) is 49.4 Å². The molecule has 0 aliphatic carbocycles. The third-order valence-corrected chi connectivity index (χ3v) is 6.19. The summed E-state index contributed by atoms with van der Waals surface area (Å²) in [6.07, 6.45) is 0.405. The smallest absolute Gasteiger partial charge is 0.331 e. The minimum absolute atomic E-state index is 0.0457.